The number of nitrogens with one attached hydrogen (secondary N) is 1. The van der Waals surface area contributed by atoms with Crippen molar-refractivity contribution >= 4 is 11.6 Å². The summed E-state index contributed by atoms with van der Waals surface area (Å²) in [5.41, 5.74) is 7.73. The summed E-state index contributed by atoms with van der Waals surface area (Å²) in [6.45, 7) is 4.15. The van der Waals surface area contributed by atoms with Crippen LogP contribution in [0.3, 0.4) is 0 Å². The van der Waals surface area contributed by atoms with E-state index in [4.69, 9.17) is 5.73 Å². The van der Waals surface area contributed by atoms with Gasteiger partial charge in [-0.3, -0.25) is 4.79 Å². The fraction of sp³-hybridized carbons (Fsp3) is 0.588. The molecule has 1 aliphatic rings. The minimum absolute atomic E-state index is 0.0489. The van der Waals surface area contributed by atoms with Crippen molar-refractivity contribution in [2.24, 2.45) is 11.1 Å². The first-order chi connectivity index (χ1) is 9.98. The van der Waals surface area contributed by atoms with Crippen LogP contribution in [0, 0.1) is 19.3 Å². The zero-order valence-electron chi connectivity index (χ0n) is 13.0. The molecule has 1 aliphatic carbocycles. The molecule has 4 heteroatoms. The van der Waals surface area contributed by atoms with Gasteiger partial charge in [-0.1, -0.05) is 31.7 Å². The van der Waals surface area contributed by atoms with Crippen molar-refractivity contribution in [3.05, 3.63) is 23.3 Å². The predicted molar refractivity (Wildman–Crippen MR) is 85.4 cm³/mol. The molecule has 2 rings (SSSR count). The number of benzene rings is 1. The predicted octanol–water partition coefficient (Wildman–Crippen LogP) is 3.25. The number of phenols is 1. The van der Waals surface area contributed by atoms with E-state index in [2.05, 4.69) is 5.32 Å². The first kappa shape index (κ1) is 15.8. The topological polar surface area (TPSA) is 75.3 Å². The number of hydrogen-bond donors (Lipinski definition) is 3. The lowest BCUT2D eigenvalue weighted by Gasteiger charge is -2.30. The third kappa shape index (κ3) is 3.38. The average molecular weight is 290 g/mol. The number of nitrogens with two attached hydrogens (primary N) is 1. The minimum Gasteiger partial charge on any atom is -0.505 e. The van der Waals surface area contributed by atoms with Crippen molar-refractivity contribution in [3.63, 3.8) is 0 Å². The van der Waals surface area contributed by atoms with Crippen LogP contribution in [0.25, 0.3) is 0 Å². The number of anilines is 1. The van der Waals surface area contributed by atoms with E-state index in [1.807, 2.05) is 19.9 Å². The third-order valence-corrected chi connectivity index (χ3v) is 4.63. The molecule has 4 nitrogen and oxygen atoms in total. The number of carbonyl (C=O) groups is 1. The van der Waals surface area contributed by atoms with Gasteiger partial charge in [-0.25, -0.2) is 0 Å². The molecular formula is C17H26N2O2. The van der Waals surface area contributed by atoms with Crippen LogP contribution in [0.1, 0.15) is 49.7 Å². The maximum atomic E-state index is 12.7. The summed E-state index contributed by atoms with van der Waals surface area (Å²) in [4.78, 5) is 12.7. The third-order valence-electron chi connectivity index (χ3n) is 4.63. The van der Waals surface area contributed by atoms with Crippen LogP contribution in [0.5, 0.6) is 5.75 Å². The molecule has 1 amide bonds. The van der Waals surface area contributed by atoms with Gasteiger partial charge < -0.3 is 16.2 Å². The molecule has 0 aliphatic heterocycles. The average Bonchev–Trinajstić information content (AvgIpc) is 2.70. The van der Waals surface area contributed by atoms with Crippen molar-refractivity contribution in [2.75, 3.05) is 11.9 Å². The second-order valence-corrected chi connectivity index (χ2v) is 6.33. The summed E-state index contributed by atoms with van der Waals surface area (Å²) in [5.74, 6) is 0.0990. The summed E-state index contributed by atoms with van der Waals surface area (Å²) in [6.07, 6.45) is 6.10. The van der Waals surface area contributed by atoms with Gasteiger partial charge in [0.2, 0.25) is 5.91 Å². The monoisotopic (exact) mass is 290 g/mol. The fourth-order valence-corrected chi connectivity index (χ4v) is 3.24. The number of aromatic hydroxyl groups is 1. The Labute approximate surface area is 126 Å². The molecule has 1 saturated carbocycles. The van der Waals surface area contributed by atoms with E-state index in [-0.39, 0.29) is 11.7 Å². The Balaban J connectivity index is 2.23. The number of carbonyl (C=O) groups excluding carboxylic acids is 1. The highest BCUT2D eigenvalue weighted by molar-refractivity contribution is 5.97. The van der Waals surface area contributed by atoms with Crippen molar-refractivity contribution in [3.8, 4) is 5.75 Å². The first-order valence-corrected chi connectivity index (χ1v) is 7.80. The number of amides is 1. The SMILES string of the molecule is Cc1cc(C)c(O)c(NC(=O)C2(CN)CCCCCC2)c1. The summed E-state index contributed by atoms with van der Waals surface area (Å²) in [7, 11) is 0. The minimum atomic E-state index is -0.486. The number of phenolic OH excluding ortho intramolecular Hbond substituents is 1. The van der Waals surface area contributed by atoms with E-state index in [1.54, 1.807) is 6.07 Å². The second-order valence-electron chi connectivity index (χ2n) is 6.33. The van der Waals surface area contributed by atoms with Gasteiger partial charge in [0.05, 0.1) is 11.1 Å². The van der Waals surface area contributed by atoms with Gasteiger partial charge in [-0.15, -0.1) is 0 Å². The van der Waals surface area contributed by atoms with E-state index in [9.17, 15) is 9.90 Å². The molecule has 0 bridgehead atoms. The lowest BCUT2D eigenvalue weighted by molar-refractivity contribution is -0.125. The molecule has 1 aromatic rings. The normalized spacial score (nSPS) is 18.0. The van der Waals surface area contributed by atoms with E-state index >= 15 is 0 Å². The van der Waals surface area contributed by atoms with Crippen LogP contribution in [0.2, 0.25) is 0 Å². The van der Waals surface area contributed by atoms with Crippen molar-refractivity contribution < 1.29 is 9.90 Å². The molecular weight excluding hydrogens is 264 g/mol. The van der Waals surface area contributed by atoms with Gasteiger partial charge in [0.1, 0.15) is 5.75 Å². The lowest BCUT2D eigenvalue weighted by Crippen LogP contribution is -2.42. The smallest absolute Gasteiger partial charge is 0.231 e. The fourth-order valence-electron chi connectivity index (χ4n) is 3.24. The summed E-state index contributed by atoms with van der Waals surface area (Å²) in [5, 5.41) is 13.0. The van der Waals surface area contributed by atoms with Crippen molar-refractivity contribution in [1.29, 1.82) is 0 Å². The Kier molecular flexibility index (Phi) is 4.88. The van der Waals surface area contributed by atoms with Gasteiger partial charge in [0.15, 0.2) is 0 Å². The molecule has 21 heavy (non-hydrogen) atoms. The van der Waals surface area contributed by atoms with Crippen molar-refractivity contribution in [2.45, 2.75) is 52.4 Å². The highest BCUT2D eigenvalue weighted by Gasteiger charge is 2.37. The van der Waals surface area contributed by atoms with Crippen LogP contribution in [0.4, 0.5) is 5.69 Å². The van der Waals surface area contributed by atoms with Crippen molar-refractivity contribution in [1.82, 2.24) is 0 Å². The second kappa shape index (κ2) is 6.48. The van der Waals surface area contributed by atoms with Gasteiger partial charge in [0, 0.05) is 6.54 Å². The highest BCUT2D eigenvalue weighted by atomic mass is 16.3. The quantitative estimate of drug-likeness (QED) is 0.591. The zero-order chi connectivity index (χ0) is 15.5. The molecule has 1 aromatic carbocycles. The van der Waals surface area contributed by atoms with Crippen LogP contribution in [0.15, 0.2) is 12.1 Å². The molecule has 0 radical (unpaired) electrons. The maximum Gasteiger partial charge on any atom is 0.231 e. The van der Waals surface area contributed by atoms with E-state index in [0.29, 0.717) is 12.2 Å². The molecule has 0 aromatic heterocycles. The summed E-state index contributed by atoms with van der Waals surface area (Å²) in [6, 6.07) is 3.70. The van der Waals surface area contributed by atoms with Gasteiger partial charge in [-0.2, -0.15) is 0 Å². The van der Waals surface area contributed by atoms with E-state index < -0.39 is 5.41 Å². The maximum absolute atomic E-state index is 12.7. The standard InChI is InChI=1S/C17H26N2O2/c1-12-9-13(2)15(20)14(10-12)19-16(21)17(11-18)7-5-3-4-6-8-17/h9-10,20H,3-8,11,18H2,1-2H3,(H,19,21). The Bertz CT molecular complexity index is 518. The van der Waals surface area contributed by atoms with Crippen LogP contribution in [-0.4, -0.2) is 17.6 Å². The van der Waals surface area contributed by atoms with Crippen LogP contribution in [-0.2, 0) is 4.79 Å². The van der Waals surface area contributed by atoms with Crippen LogP contribution < -0.4 is 11.1 Å². The van der Waals surface area contributed by atoms with Gasteiger partial charge in [0.25, 0.3) is 0 Å². The lowest BCUT2D eigenvalue weighted by atomic mass is 9.79. The Hall–Kier alpha value is -1.55. The van der Waals surface area contributed by atoms with Gasteiger partial charge in [-0.05, 0) is 43.9 Å². The largest absolute Gasteiger partial charge is 0.505 e. The molecule has 0 spiro atoms. The van der Waals surface area contributed by atoms with E-state index in [0.717, 1.165) is 36.8 Å². The van der Waals surface area contributed by atoms with Gasteiger partial charge >= 0.3 is 0 Å². The molecule has 116 valence electrons. The number of rotatable bonds is 3. The van der Waals surface area contributed by atoms with Crippen LogP contribution >= 0.6 is 0 Å². The molecule has 0 heterocycles. The molecule has 0 saturated heterocycles. The summed E-state index contributed by atoms with van der Waals surface area (Å²) >= 11 is 0. The molecule has 0 unspecified atom stereocenters. The zero-order valence-corrected chi connectivity index (χ0v) is 13.0. The first-order valence-electron chi connectivity index (χ1n) is 7.80. The summed E-state index contributed by atoms with van der Waals surface area (Å²) < 4.78 is 0. The van der Waals surface area contributed by atoms with E-state index in [1.165, 1.54) is 12.8 Å². The number of aryl methyl sites for hydroxylation is 2. The number of hydrogen-bond acceptors (Lipinski definition) is 3. The Morgan fingerprint density at radius 3 is 2.43 bits per heavy atom. The highest BCUT2D eigenvalue weighted by Crippen LogP contribution is 2.37. The Morgan fingerprint density at radius 1 is 1.24 bits per heavy atom. The molecule has 1 fully saturated rings. The molecule has 4 N–H and O–H groups in total. The Morgan fingerprint density at radius 2 is 1.86 bits per heavy atom. The molecule has 0 atom stereocenters.